The second-order valence-corrected chi connectivity index (χ2v) is 7.62. The Kier molecular flexibility index (Phi) is 6.83. The normalized spacial score (nSPS) is 28.8. The lowest BCUT2D eigenvalue weighted by molar-refractivity contribution is 0.0554. The second-order valence-electron chi connectivity index (χ2n) is 7.62. The van der Waals surface area contributed by atoms with Gasteiger partial charge >= 0.3 is 0 Å². The minimum atomic E-state index is 0.755. The number of nitrogens with one attached hydrogen (secondary N) is 1. The lowest BCUT2D eigenvalue weighted by Gasteiger charge is -2.45. The Morgan fingerprint density at radius 2 is 2.00 bits per heavy atom. The second kappa shape index (κ2) is 8.38. The van der Waals surface area contributed by atoms with Gasteiger partial charge in [0.25, 0.3) is 0 Å². The summed E-state index contributed by atoms with van der Waals surface area (Å²) in [7, 11) is 0. The molecule has 1 saturated heterocycles. The van der Waals surface area contributed by atoms with E-state index in [9.17, 15) is 0 Å². The summed E-state index contributed by atoms with van der Waals surface area (Å²) < 4.78 is 0. The summed E-state index contributed by atoms with van der Waals surface area (Å²) in [6, 6.07) is 1.68. The van der Waals surface area contributed by atoms with Crippen molar-refractivity contribution in [3.05, 3.63) is 0 Å². The SMILES string of the molecule is CCCCC1CC(NCCC(C)C)CN(C2CCC2)C1. The van der Waals surface area contributed by atoms with Crippen molar-refractivity contribution in [3.8, 4) is 0 Å². The summed E-state index contributed by atoms with van der Waals surface area (Å²) in [5.74, 6) is 1.77. The summed E-state index contributed by atoms with van der Waals surface area (Å²) in [6.07, 6.45) is 11.3. The third kappa shape index (κ3) is 5.04. The van der Waals surface area contributed by atoms with Gasteiger partial charge in [-0.15, -0.1) is 0 Å². The van der Waals surface area contributed by atoms with E-state index in [1.807, 2.05) is 0 Å². The molecule has 2 nitrogen and oxygen atoms in total. The van der Waals surface area contributed by atoms with Gasteiger partial charge in [0, 0.05) is 25.2 Å². The van der Waals surface area contributed by atoms with Crippen LogP contribution in [0.3, 0.4) is 0 Å². The zero-order valence-corrected chi connectivity index (χ0v) is 14.0. The van der Waals surface area contributed by atoms with Crippen LogP contribution in [-0.2, 0) is 0 Å². The van der Waals surface area contributed by atoms with E-state index in [1.54, 1.807) is 0 Å². The Morgan fingerprint density at radius 3 is 2.60 bits per heavy atom. The number of nitrogens with zero attached hydrogens (tertiary/aromatic N) is 1. The first-order chi connectivity index (χ1) is 9.69. The molecule has 1 heterocycles. The monoisotopic (exact) mass is 280 g/mol. The quantitative estimate of drug-likeness (QED) is 0.721. The van der Waals surface area contributed by atoms with Crippen LogP contribution in [0.25, 0.3) is 0 Å². The predicted octanol–water partition coefficient (Wildman–Crippen LogP) is 4.06. The fraction of sp³-hybridized carbons (Fsp3) is 1.00. The van der Waals surface area contributed by atoms with Crippen molar-refractivity contribution in [2.24, 2.45) is 11.8 Å². The Balaban J connectivity index is 1.79. The zero-order chi connectivity index (χ0) is 14.4. The molecule has 20 heavy (non-hydrogen) atoms. The lowest BCUT2D eigenvalue weighted by atomic mass is 9.84. The van der Waals surface area contributed by atoms with Crippen molar-refractivity contribution < 1.29 is 0 Å². The number of unbranched alkanes of at least 4 members (excludes halogenated alkanes) is 1. The molecule has 118 valence electrons. The molecule has 1 aliphatic carbocycles. The van der Waals surface area contributed by atoms with E-state index in [0.29, 0.717) is 0 Å². The maximum atomic E-state index is 3.85. The molecule has 2 heteroatoms. The van der Waals surface area contributed by atoms with E-state index in [1.165, 1.54) is 71.0 Å². The van der Waals surface area contributed by atoms with E-state index in [4.69, 9.17) is 0 Å². The molecule has 0 bridgehead atoms. The summed E-state index contributed by atoms with van der Waals surface area (Å²) in [5, 5.41) is 3.85. The Morgan fingerprint density at radius 1 is 1.20 bits per heavy atom. The molecule has 2 aliphatic rings. The highest BCUT2D eigenvalue weighted by molar-refractivity contribution is 4.89. The maximum Gasteiger partial charge on any atom is 0.0198 e. The van der Waals surface area contributed by atoms with E-state index >= 15 is 0 Å². The van der Waals surface area contributed by atoms with Crippen molar-refractivity contribution in [3.63, 3.8) is 0 Å². The first-order valence-corrected chi connectivity index (χ1v) is 9.16. The third-order valence-electron chi connectivity index (χ3n) is 5.28. The molecule has 0 aromatic heterocycles. The molecule has 0 aromatic carbocycles. The van der Waals surface area contributed by atoms with Gasteiger partial charge in [0.1, 0.15) is 0 Å². The Bertz CT molecular complexity index is 260. The first-order valence-electron chi connectivity index (χ1n) is 9.16. The molecule has 0 amide bonds. The first kappa shape index (κ1) is 16.3. The molecule has 2 fully saturated rings. The molecule has 0 radical (unpaired) electrons. The third-order valence-corrected chi connectivity index (χ3v) is 5.28. The summed E-state index contributed by atoms with van der Waals surface area (Å²) >= 11 is 0. The number of hydrogen-bond donors (Lipinski definition) is 1. The van der Waals surface area contributed by atoms with Crippen LogP contribution in [0.4, 0.5) is 0 Å². The molecular weight excluding hydrogens is 244 g/mol. The van der Waals surface area contributed by atoms with Gasteiger partial charge in [-0.3, -0.25) is 4.90 Å². The molecule has 1 saturated carbocycles. The van der Waals surface area contributed by atoms with Gasteiger partial charge < -0.3 is 5.32 Å². The minimum Gasteiger partial charge on any atom is -0.313 e. The average Bonchev–Trinajstić information content (AvgIpc) is 2.33. The number of rotatable bonds is 8. The highest BCUT2D eigenvalue weighted by Crippen LogP contribution is 2.30. The van der Waals surface area contributed by atoms with Gasteiger partial charge in [-0.05, 0) is 50.5 Å². The standard InChI is InChI=1S/C18H36N2/c1-4-5-7-16-12-17(19-11-10-15(2)3)14-20(13-16)18-8-6-9-18/h15-19H,4-14H2,1-3H3. The fourth-order valence-electron chi connectivity index (χ4n) is 3.72. The van der Waals surface area contributed by atoms with Crippen LogP contribution in [0.15, 0.2) is 0 Å². The minimum absolute atomic E-state index is 0.755. The van der Waals surface area contributed by atoms with Gasteiger partial charge in [0.05, 0.1) is 0 Å². The Hall–Kier alpha value is -0.0800. The molecule has 1 aliphatic heterocycles. The van der Waals surface area contributed by atoms with Crippen LogP contribution in [0, 0.1) is 11.8 Å². The molecule has 2 atom stereocenters. The van der Waals surface area contributed by atoms with E-state index in [-0.39, 0.29) is 0 Å². The van der Waals surface area contributed by atoms with Crippen molar-refractivity contribution >= 4 is 0 Å². The highest BCUT2D eigenvalue weighted by atomic mass is 15.2. The van der Waals surface area contributed by atoms with Gasteiger partial charge in [0.2, 0.25) is 0 Å². The highest BCUT2D eigenvalue weighted by Gasteiger charge is 2.33. The molecule has 0 spiro atoms. The summed E-state index contributed by atoms with van der Waals surface area (Å²) in [5.41, 5.74) is 0. The zero-order valence-electron chi connectivity index (χ0n) is 14.0. The van der Waals surface area contributed by atoms with Crippen LogP contribution < -0.4 is 5.32 Å². The molecular formula is C18H36N2. The van der Waals surface area contributed by atoms with E-state index in [2.05, 4.69) is 31.0 Å². The lowest BCUT2D eigenvalue weighted by Crippen LogP contribution is -2.54. The molecule has 2 unspecified atom stereocenters. The molecule has 2 rings (SSSR count). The van der Waals surface area contributed by atoms with E-state index < -0.39 is 0 Å². The molecule has 1 N–H and O–H groups in total. The van der Waals surface area contributed by atoms with Crippen molar-refractivity contribution in [1.29, 1.82) is 0 Å². The van der Waals surface area contributed by atoms with Crippen molar-refractivity contribution in [1.82, 2.24) is 10.2 Å². The van der Waals surface area contributed by atoms with Gasteiger partial charge in [-0.25, -0.2) is 0 Å². The predicted molar refractivity (Wildman–Crippen MR) is 88.1 cm³/mol. The van der Waals surface area contributed by atoms with Crippen LogP contribution in [0.5, 0.6) is 0 Å². The number of piperidine rings is 1. The van der Waals surface area contributed by atoms with Gasteiger partial charge in [-0.1, -0.05) is 40.0 Å². The summed E-state index contributed by atoms with van der Waals surface area (Å²) in [4.78, 5) is 2.82. The van der Waals surface area contributed by atoms with Crippen LogP contribution >= 0.6 is 0 Å². The largest absolute Gasteiger partial charge is 0.313 e. The van der Waals surface area contributed by atoms with Crippen molar-refractivity contribution in [2.45, 2.75) is 84.2 Å². The van der Waals surface area contributed by atoms with Crippen LogP contribution in [0.2, 0.25) is 0 Å². The molecule has 0 aromatic rings. The van der Waals surface area contributed by atoms with Crippen molar-refractivity contribution in [2.75, 3.05) is 19.6 Å². The fourth-order valence-corrected chi connectivity index (χ4v) is 3.72. The number of likely N-dealkylation sites (tertiary alicyclic amines) is 1. The topological polar surface area (TPSA) is 15.3 Å². The smallest absolute Gasteiger partial charge is 0.0198 e. The van der Waals surface area contributed by atoms with Crippen LogP contribution in [-0.4, -0.2) is 36.6 Å². The van der Waals surface area contributed by atoms with Gasteiger partial charge in [-0.2, -0.15) is 0 Å². The maximum absolute atomic E-state index is 3.85. The summed E-state index contributed by atoms with van der Waals surface area (Å²) in [6.45, 7) is 10.9. The van der Waals surface area contributed by atoms with Crippen LogP contribution in [0.1, 0.15) is 72.1 Å². The number of hydrogen-bond acceptors (Lipinski definition) is 2. The van der Waals surface area contributed by atoms with E-state index in [0.717, 1.165) is 23.9 Å². The Labute approximate surface area is 126 Å². The average molecular weight is 280 g/mol. The van der Waals surface area contributed by atoms with Gasteiger partial charge in [0.15, 0.2) is 0 Å².